The Kier molecular flexibility index (Phi) is 6.95. The molecule has 3 aromatic rings. The monoisotopic (exact) mass is 489 g/mol. The summed E-state index contributed by atoms with van der Waals surface area (Å²) in [6.45, 7) is 0.399. The third-order valence-electron chi connectivity index (χ3n) is 5.20. The van der Waals surface area contributed by atoms with Crippen molar-refractivity contribution in [2.24, 2.45) is 5.10 Å². The van der Waals surface area contributed by atoms with Crippen LogP contribution in [0.1, 0.15) is 29.0 Å². The van der Waals surface area contributed by atoms with E-state index in [1.807, 2.05) is 42.5 Å². The molecular weight excluding hydrogens is 471 g/mol. The van der Waals surface area contributed by atoms with Crippen LogP contribution in [0.3, 0.4) is 0 Å². The number of alkyl halides is 3. The standard InChI is InChI=1S/C24H19ClF3N3OS/c25-19-10-6-17(7-11-19)22-21(16-4-2-1-3-5-16)14-15-31(29-22)23(32)30-33-20-12-8-18(9-13-20)24(26,27)28/h1-13,21H,14-15H2,(H,30,32). The maximum atomic E-state index is 12.8. The first-order chi connectivity index (χ1) is 15.8. The van der Waals surface area contributed by atoms with Gasteiger partial charge in [-0.25, -0.2) is 9.80 Å². The average molecular weight is 490 g/mol. The van der Waals surface area contributed by atoms with Crippen LogP contribution < -0.4 is 4.72 Å². The van der Waals surface area contributed by atoms with Gasteiger partial charge in [-0.1, -0.05) is 54.1 Å². The number of hydrogen-bond donors (Lipinski definition) is 1. The molecule has 1 aliphatic heterocycles. The summed E-state index contributed by atoms with van der Waals surface area (Å²) in [6, 6.07) is 21.4. The van der Waals surface area contributed by atoms with Crippen LogP contribution in [0, 0.1) is 0 Å². The summed E-state index contributed by atoms with van der Waals surface area (Å²) >= 11 is 6.98. The van der Waals surface area contributed by atoms with Gasteiger partial charge >= 0.3 is 12.2 Å². The first kappa shape index (κ1) is 23.2. The molecule has 9 heteroatoms. The third kappa shape index (κ3) is 5.69. The van der Waals surface area contributed by atoms with Crippen molar-refractivity contribution in [1.29, 1.82) is 0 Å². The summed E-state index contributed by atoms with van der Waals surface area (Å²) in [5, 5.41) is 6.58. The van der Waals surface area contributed by atoms with Crippen molar-refractivity contribution in [2.45, 2.75) is 23.4 Å². The van der Waals surface area contributed by atoms with Crippen molar-refractivity contribution >= 4 is 35.3 Å². The summed E-state index contributed by atoms with van der Waals surface area (Å²) in [5.41, 5.74) is 1.98. The molecule has 0 fully saturated rings. The lowest BCUT2D eigenvalue weighted by molar-refractivity contribution is -0.137. The quantitative estimate of drug-likeness (QED) is 0.402. The summed E-state index contributed by atoms with van der Waals surface area (Å²) in [6.07, 6.45) is -3.73. The Morgan fingerprint density at radius 2 is 1.67 bits per heavy atom. The lowest BCUT2D eigenvalue weighted by Crippen LogP contribution is -2.39. The van der Waals surface area contributed by atoms with Crippen molar-refractivity contribution in [3.63, 3.8) is 0 Å². The first-order valence-electron chi connectivity index (χ1n) is 10.1. The van der Waals surface area contributed by atoms with E-state index in [2.05, 4.69) is 9.82 Å². The van der Waals surface area contributed by atoms with Crippen LogP contribution in [0.2, 0.25) is 5.02 Å². The van der Waals surface area contributed by atoms with Crippen LogP contribution in [0.4, 0.5) is 18.0 Å². The van der Waals surface area contributed by atoms with Gasteiger partial charge in [0.25, 0.3) is 0 Å². The molecule has 0 spiro atoms. The predicted molar refractivity (Wildman–Crippen MR) is 124 cm³/mol. The van der Waals surface area contributed by atoms with E-state index in [1.54, 1.807) is 12.1 Å². The molecule has 1 N–H and O–H groups in total. The van der Waals surface area contributed by atoms with E-state index in [0.29, 0.717) is 22.9 Å². The lowest BCUT2D eigenvalue weighted by Gasteiger charge is -2.30. The van der Waals surface area contributed by atoms with Gasteiger partial charge in [0.05, 0.1) is 11.3 Å². The minimum Gasteiger partial charge on any atom is -0.276 e. The highest BCUT2D eigenvalue weighted by molar-refractivity contribution is 7.98. The zero-order valence-corrected chi connectivity index (χ0v) is 18.8. The number of hydrogen-bond acceptors (Lipinski definition) is 3. The number of amides is 2. The van der Waals surface area contributed by atoms with Crippen molar-refractivity contribution < 1.29 is 18.0 Å². The highest BCUT2D eigenvalue weighted by Crippen LogP contribution is 2.32. The molecule has 4 rings (SSSR count). The van der Waals surface area contributed by atoms with Gasteiger partial charge in [-0.2, -0.15) is 18.3 Å². The van der Waals surface area contributed by atoms with E-state index in [9.17, 15) is 18.0 Å². The van der Waals surface area contributed by atoms with Gasteiger partial charge in [0, 0.05) is 22.4 Å². The molecule has 0 bridgehead atoms. The highest BCUT2D eigenvalue weighted by atomic mass is 35.5. The maximum absolute atomic E-state index is 12.8. The molecule has 3 aromatic carbocycles. The van der Waals surface area contributed by atoms with Crippen molar-refractivity contribution in [1.82, 2.24) is 9.73 Å². The molecule has 4 nitrogen and oxygen atoms in total. The summed E-state index contributed by atoms with van der Waals surface area (Å²) in [7, 11) is 0. The van der Waals surface area contributed by atoms with E-state index in [4.69, 9.17) is 11.6 Å². The summed E-state index contributed by atoms with van der Waals surface area (Å²) < 4.78 is 40.8. The third-order valence-corrected chi connectivity index (χ3v) is 6.24. The SMILES string of the molecule is O=C(NSc1ccc(C(F)(F)F)cc1)N1CCC(c2ccccc2)C(c2ccc(Cl)cc2)=N1. The zero-order chi connectivity index (χ0) is 23.4. The van der Waals surface area contributed by atoms with Crippen LogP contribution in [0.25, 0.3) is 0 Å². The second-order valence-electron chi connectivity index (χ2n) is 7.40. The van der Waals surface area contributed by atoms with Crippen molar-refractivity contribution in [3.05, 3.63) is 101 Å². The summed E-state index contributed by atoms with van der Waals surface area (Å²) in [5.74, 6) is 0.0130. The topological polar surface area (TPSA) is 44.7 Å². The molecule has 1 heterocycles. The Hall–Kier alpha value is -2.97. The molecule has 0 radical (unpaired) electrons. The number of urea groups is 1. The molecule has 0 saturated heterocycles. The number of carbonyl (C=O) groups excluding carboxylic acids is 1. The average Bonchev–Trinajstić information content (AvgIpc) is 2.83. The molecule has 170 valence electrons. The van der Waals surface area contributed by atoms with E-state index < -0.39 is 17.8 Å². The minimum atomic E-state index is -4.40. The molecule has 2 amide bonds. The molecule has 0 saturated carbocycles. The van der Waals surface area contributed by atoms with E-state index in [0.717, 1.165) is 40.9 Å². The normalized spacial score (nSPS) is 16.3. The lowest BCUT2D eigenvalue weighted by atomic mass is 9.86. The van der Waals surface area contributed by atoms with Crippen LogP contribution in [-0.2, 0) is 6.18 Å². The zero-order valence-electron chi connectivity index (χ0n) is 17.2. The van der Waals surface area contributed by atoms with Gasteiger partial charge < -0.3 is 0 Å². The van der Waals surface area contributed by atoms with E-state index in [-0.39, 0.29) is 5.92 Å². The minimum absolute atomic E-state index is 0.0130. The highest BCUT2D eigenvalue weighted by Gasteiger charge is 2.30. The summed E-state index contributed by atoms with van der Waals surface area (Å²) in [4.78, 5) is 13.2. The van der Waals surface area contributed by atoms with Crippen molar-refractivity contribution in [3.8, 4) is 0 Å². The molecule has 1 aliphatic rings. The number of carbonyl (C=O) groups is 1. The van der Waals surface area contributed by atoms with Crippen LogP contribution in [0.5, 0.6) is 0 Å². The molecule has 0 aromatic heterocycles. The Morgan fingerprint density at radius 1 is 1.00 bits per heavy atom. The van der Waals surface area contributed by atoms with Gasteiger partial charge in [0.15, 0.2) is 0 Å². The number of rotatable bonds is 4. The number of halogens is 4. The fourth-order valence-electron chi connectivity index (χ4n) is 3.54. The first-order valence-corrected chi connectivity index (χ1v) is 11.3. The van der Waals surface area contributed by atoms with Gasteiger partial charge in [-0.15, -0.1) is 0 Å². The number of nitrogens with one attached hydrogen (secondary N) is 1. The number of hydrazone groups is 1. The molecule has 1 unspecified atom stereocenters. The van der Waals surface area contributed by atoms with E-state index in [1.165, 1.54) is 17.1 Å². The second-order valence-corrected chi connectivity index (χ2v) is 8.71. The molecule has 0 aliphatic carbocycles. The maximum Gasteiger partial charge on any atom is 0.416 e. The van der Waals surface area contributed by atoms with Gasteiger partial charge in [0.1, 0.15) is 0 Å². The number of nitrogens with zero attached hydrogens (tertiary/aromatic N) is 2. The number of benzene rings is 3. The van der Waals surface area contributed by atoms with Crippen LogP contribution in [-0.4, -0.2) is 23.3 Å². The van der Waals surface area contributed by atoms with Gasteiger partial charge in [-0.3, -0.25) is 4.72 Å². The fraction of sp³-hybridized carbons (Fsp3) is 0.167. The van der Waals surface area contributed by atoms with E-state index >= 15 is 0 Å². The molecule has 1 atom stereocenters. The Balaban J connectivity index is 1.52. The second kappa shape index (κ2) is 9.89. The Labute approximate surface area is 198 Å². The van der Waals surface area contributed by atoms with Gasteiger partial charge in [0.2, 0.25) is 0 Å². The predicted octanol–water partition coefficient (Wildman–Crippen LogP) is 6.97. The van der Waals surface area contributed by atoms with Crippen molar-refractivity contribution in [2.75, 3.05) is 6.54 Å². The molecule has 33 heavy (non-hydrogen) atoms. The molecular formula is C24H19ClF3N3OS. The van der Waals surface area contributed by atoms with Crippen LogP contribution >= 0.6 is 23.5 Å². The smallest absolute Gasteiger partial charge is 0.276 e. The fourth-order valence-corrected chi connectivity index (χ4v) is 4.25. The van der Waals surface area contributed by atoms with Crippen LogP contribution in [0.15, 0.2) is 88.9 Å². The Morgan fingerprint density at radius 3 is 2.30 bits per heavy atom. The Bertz CT molecular complexity index is 1140. The largest absolute Gasteiger partial charge is 0.416 e. The van der Waals surface area contributed by atoms with Gasteiger partial charge in [-0.05, 0) is 65.9 Å².